The second kappa shape index (κ2) is 5.11. The lowest BCUT2D eigenvalue weighted by Crippen LogP contribution is -2.38. The molecule has 15 heavy (non-hydrogen) atoms. The van der Waals surface area contributed by atoms with Gasteiger partial charge in [0.05, 0.1) is 0 Å². The van der Waals surface area contributed by atoms with Crippen molar-refractivity contribution in [3.63, 3.8) is 0 Å². The topological polar surface area (TPSA) is 66.4 Å². The average Bonchev–Trinajstić information content (AvgIpc) is 2.18. The van der Waals surface area contributed by atoms with Crippen molar-refractivity contribution >= 4 is 34.5 Å². The van der Waals surface area contributed by atoms with Crippen LogP contribution >= 0.6 is 22.6 Å². The molecular formula is C10H10INO3. The van der Waals surface area contributed by atoms with Crippen LogP contribution in [0.1, 0.15) is 17.3 Å². The Balaban J connectivity index is 2.69. The van der Waals surface area contributed by atoms with Gasteiger partial charge in [-0.05, 0) is 53.8 Å². The molecule has 1 unspecified atom stereocenters. The number of carbonyl (C=O) groups excluding carboxylic acids is 1. The number of nitrogens with one attached hydrogen (secondary N) is 1. The number of carbonyl (C=O) groups is 2. The molecule has 0 radical (unpaired) electrons. The zero-order valence-electron chi connectivity index (χ0n) is 8.03. The Morgan fingerprint density at radius 2 is 1.87 bits per heavy atom. The second-order valence-corrected chi connectivity index (χ2v) is 4.29. The molecule has 2 N–H and O–H groups in total. The second-order valence-electron chi connectivity index (χ2n) is 3.04. The molecule has 1 aromatic carbocycles. The summed E-state index contributed by atoms with van der Waals surface area (Å²) in [4.78, 5) is 22.0. The average molecular weight is 319 g/mol. The summed E-state index contributed by atoms with van der Waals surface area (Å²) in [6.45, 7) is 1.42. The van der Waals surface area contributed by atoms with Gasteiger partial charge in [-0.3, -0.25) is 9.59 Å². The van der Waals surface area contributed by atoms with Crippen molar-refractivity contribution in [2.75, 3.05) is 0 Å². The number of halogens is 1. The summed E-state index contributed by atoms with van der Waals surface area (Å²) in [6, 6.07) is 6.02. The van der Waals surface area contributed by atoms with Crippen molar-refractivity contribution in [3.8, 4) is 0 Å². The first-order valence-electron chi connectivity index (χ1n) is 4.30. The first kappa shape index (κ1) is 12.0. The van der Waals surface area contributed by atoms with Gasteiger partial charge in [-0.2, -0.15) is 0 Å². The molecule has 0 saturated heterocycles. The zero-order chi connectivity index (χ0) is 11.4. The van der Waals surface area contributed by atoms with Gasteiger partial charge in [0.15, 0.2) is 0 Å². The molecule has 0 aromatic heterocycles. The van der Waals surface area contributed by atoms with Crippen LogP contribution in [0, 0.1) is 3.57 Å². The van der Waals surface area contributed by atoms with E-state index in [-0.39, 0.29) is 5.91 Å². The van der Waals surface area contributed by atoms with Crippen LogP contribution in [0.15, 0.2) is 24.3 Å². The molecule has 0 heterocycles. The third-order valence-corrected chi connectivity index (χ3v) is 2.54. The lowest BCUT2D eigenvalue weighted by atomic mass is 10.2. The van der Waals surface area contributed by atoms with Crippen LogP contribution in [0.5, 0.6) is 0 Å². The summed E-state index contributed by atoms with van der Waals surface area (Å²) < 4.78 is 1.02. The molecule has 0 aliphatic carbocycles. The number of hydrogen-bond donors (Lipinski definition) is 2. The summed E-state index contributed by atoms with van der Waals surface area (Å²) >= 11 is 2.13. The van der Waals surface area contributed by atoms with Gasteiger partial charge in [-0.1, -0.05) is 0 Å². The summed E-state index contributed by atoms with van der Waals surface area (Å²) in [7, 11) is 0. The van der Waals surface area contributed by atoms with E-state index in [1.165, 1.54) is 6.92 Å². The lowest BCUT2D eigenvalue weighted by Gasteiger charge is -2.08. The van der Waals surface area contributed by atoms with Crippen LogP contribution in [-0.2, 0) is 4.79 Å². The Bertz CT molecular complexity index is 375. The first-order chi connectivity index (χ1) is 7.00. The van der Waals surface area contributed by atoms with E-state index in [1.807, 2.05) is 0 Å². The normalized spacial score (nSPS) is 11.9. The molecule has 1 rings (SSSR count). The van der Waals surface area contributed by atoms with E-state index in [0.717, 1.165) is 3.57 Å². The minimum Gasteiger partial charge on any atom is -0.480 e. The van der Waals surface area contributed by atoms with E-state index in [2.05, 4.69) is 27.9 Å². The van der Waals surface area contributed by atoms with Crippen molar-refractivity contribution in [1.82, 2.24) is 5.32 Å². The minimum absolute atomic E-state index is 0.374. The quantitative estimate of drug-likeness (QED) is 0.830. The summed E-state index contributed by atoms with van der Waals surface area (Å²) in [6.07, 6.45) is 0. The molecule has 0 aliphatic heterocycles. The Morgan fingerprint density at radius 3 is 2.33 bits per heavy atom. The summed E-state index contributed by atoms with van der Waals surface area (Å²) in [5.41, 5.74) is 0.462. The van der Waals surface area contributed by atoms with Crippen LogP contribution in [0.4, 0.5) is 0 Å². The number of carboxylic acid groups (broad SMARTS) is 1. The van der Waals surface area contributed by atoms with Gasteiger partial charge >= 0.3 is 5.97 Å². The molecular weight excluding hydrogens is 309 g/mol. The Kier molecular flexibility index (Phi) is 4.07. The highest BCUT2D eigenvalue weighted by molar-refractivity contribution is 14.1. The van der Waals surface area contributed by atoms with Crippen LogP contribution in [0.3, 0.4) is 0 Å². The molecule has 80 valence electrons. The van der Waals surface area contributed by atoms with E-state index in [0.29, 0.717) is 5.56 Å². The van der Waals surface area contributed by atoms with Crippen LogP contribution in [0.25, 0.3) is 0 Å². The molecule has 1 amide bonds. The van der Waals surface area contributed by atoms with Crippen LogP contribution < -0.4 is 5.32 Å². The molecule has 0 bridgehead atoms. The van der Waals surface area contributed by atoms with Gasteiger partial charge in [0.2, 0.25) is 0 Å². The number of aliphatic carboxylic acids is 1. The smallest absolute Gasteiger partial charge is 0.325 e. The molecule has 0 fully saturated rings. The first-order valence-corrected chi connectivity index (χ1v) is 5.38. The van der Waals surface area contributed by atoms with Crippen molar-refractivity contribution in [2.24, 2.45) is 0 Å². The number of carboxylic acids is 1. The van der Waals surface area contributed by atoms with Gasteiger partial charge in [0, 0.05) is 9.13 Å². The van der Waals surface area contributed by atoms with Gasteiger partial charge in [0.1, 0.15) is 6.04 Å². The monoisotopic (exact) mass is 319 g/mol. The predicted octanol–water partition coefficient (Wildman–Crippen LogP) is 1.49. The van der Waals surface area contributed by atoms with E-state index < -0.39 is 12.0 Å². The highest BCUT2D eigenvalue weighted by Gasteiger charge is 2.14. The number of amides is 1. The maximum atomic E-state index is 11.5. The molecule has 0 saturated carbocycles. The standard InChI is InChI=1S/C10H10INO3/c1-6(10(14)15)12-9(13)7-2-4-8(11)5-3-7/h2-6H,1H3,(H,12,13)(H,14,15). The van der Waals surface area contributed by atoms with Crippen molar-refractivity contribution < 1.29 is 14.7 Å². The Labute approximate surface area is 101 Å². The Hall–Kier alpha value is -1.11. The van der Waals surface area contributed by atoms with Gasteiger partial charge in [-0.25, -0.2) is 0 Å². The molecule has 0 spiro atoms. The number of benzene rings is 1. The largest absolute Gasteiger partial charge is 0.480 e. The van der Waals surface area contributed by atoms with Crippen molar-refractivity contribution in [1.29, 1.82) is 0 Å². The fraction of sp³-hybridized carbons (Fsp3) is 0.200. The minimum atomic E-state index is -1.05. The van der Waals surface area contributed by atoms with Gasteiger partial charge < -0.3 is 10.4 Å². The van der Waals surface area contributed by atoms with Gasteiger partial charge in [-0.15, -0.1) is 0 Å². The predicted molar refractivity (Wildman–Crippen MR) is 63.7 cm³/mol. The fourth-order valence-electron chi connectivity index (χ4n) is 0.943. The zero-order valence-corrected chi connectivity index (χ0v) is 10.2. The molecule has 1 atom stereocenters. The number of rotatable bonds is 3. The lowest BCUT2D eigenvalue weighted by molar-refractivity contribution is -0.138. The third kappa shape index (κ3) is 3.50. The Morgan fingerprint density at radius 1 is 1.33 bits per heavy atom. The van der Waals surface area contributed by atoms with E-state index in [1.54, 1.807) is 24.3 Å². The summed E-state index contributed by atoms with van der Waals surface area (Å²) in [5.74, 6) is -1.42. The third-order valence-electron chi connectivity index (χ3n) is 1.82. The molecule has 5 heteroatoms. The van der Waals surface area contributed by atoms with Crippen LogP contribution in [0.2, 0.25) is 0 Å². The molecule has 4 nitrogen and oxygen atoms in total. The van der Waals surface area contributed by atoms with E-state index >= 15 is 0 Å². The van der Waals surface area contributed by atoms with Crippen LogP contribution in [-0.4, -0.2) is 23.0 Å². The maximum Gasteiger partial charge on any atom is 0.325 e. The fourth-order valence-corrected chi connectivity index (χ4v) is 1.30. The van der Waals surface area contributed by atoms with Gasteiger partial charge in [0.25, 0.3) is 5.91 Å². The van der Waals surface area contributed by atoms with Crippen molar-refractivity contribution in [3.05, 3.63) is 33.4 Å². The number of hydrogen-bond acceptors (Lipinski definition) is 2. The maximum absolute atomic E-state index is 11.5. The van der Waals surface area contributed by atoms with E-state index in [4.69, 9.17) is 5.11 Å². The van der Waals surface area contributed by atoms with E-state index in [9.17, 15) is 9.59 Å². The highest BCUT2D eigenvalue weighted by Crippen LogP contribution is 2.06. The molecule has 0 aliphatic rings. The van der Waals surface area contributed by atoms with Crippen molar-refractivity contribution in [2.45, 2.75) is 13.0 Å². The molecule has 1 aromatic rings. The summed E-state index contributed by atoms with van der Waals surface area (Å²) in [5, 5.41) is 11.0. The SMILES string of the molecule is CC(NC(=O)c1ccc(I)cc1)C(=O)O. The highest BCUT2D eigenvalue weighted by atomic mass is 127.